The summed E-state index contributed by atoms with van der Waals surface area (Å²) in [4.78, 5) is 0. The van der Waals surface area contributed by atoms with Crippen LogP contribution in [0.25, 0.3) is 0 Å². The number of benzene rings is 1. The van der Waals surface area contributed by atoms with Crippen molar-refractivity contribution in [2.24, 2.45) is 0 Å². The van der Waals surface area contributed by atoms with Crippen molar-refractivity contribution in [2.75, 3.05) is 12.5 Å². The van der Waals surface area contributed by atoms with Crippen LogP contribution in [0, 0.1) is 0 Å². The second-order valence-corrected chi connectivity index (χ2v) is 3.46. The molecule has 0 fully saturated rings. The molecule has 0 aliphatic heterocycles. The van der Waals surface area contributed by atoms with E-state index in [1.807, 2.05) is 13.8 Å². The molecule has 0 spiro atoms. The number of hydrogen-bond donors (Lipinski definition) is 0. The summed E-state index contributed by atoms with van der Waals surface area (Å²) in [6, 6.07) is 4.48. The average molecular weight is 281 g/mol. The summed E-state index contributed by atoms with van der Waals surface area (Å²) in [6.07, 6.45) is -4.32. The molecular weight excluding hydrogens is 265 g/mol. The summed E-state index contributed by atoms with van der Waals surface area (Å²) in [7, 11) is 0. The van der Waals surface area contributed by atoms with E-state index in [9.17, 15) is 13.2 Å². The zero-order valence-electron chi connectivity index (χ0n) is 10.4. The van der Waals surface area contributed by atoms with Gasteiger partial charge < -0.3 is 4.74 Å². The third kappa shape index (κ3) is 5.96. The molecule has 1 aromatic rings. The molecular formula is C13H16ClF3O. The molecule has 0 aliphatic carbocycles. The first-order valence-corrected chi connectivity index (χ1v) is 5.99. The van der Waals surface area contributed by atoms with Crippen LogP contribution in [0.1, 0.15) is 19.4 Å². The third-order valence-corrected chi connectivity index (χ3v) is 2.19. The Morgan fingerprint density at radius 1 is 1.22 bits per heavy atom. The first kappa shape index (κ1) is 16.8. The van der Waals surface area contributed by atoms with Crippen LogP contribution in [-0.4, -0.2) is 12.5 Å². The molecule has 0 unspecified atom stereocenters. The van der Waals surface area contributed by atoms with Gasteiger partial charge in [-0.25, -0.2) is 0 Å². The lowest BCUT2D eigenvalue weighted by Gasteiger charge is -2.09. The van der Waals surface area contributed by atoms with Crippen molar-refractivity contribution in [2.45, 2.75) is 20.0 Å². The van der Waals surface area contributed by atoms with Gasteiger partial charge in [-0.3, -0.25) is 0 Å². The molecule has 18 heavy (non-hydrogen) atoms. The van der Waals surface area contributed by atoms with E-state index in [0.717, 1.165) is 12.1 Å². The Balaban J connectivity index is 0.00000137. The SMILES string of the molecule is C=C(CCl)COc1ccc(C(F)(F)F)cc1.CC. The van der Waals surface area contributed by atoms with Gasteiger partial charge in [0.25, 0.3) is 0 Å². The molecule has 0 aromatic heterocycles. The smallest absolute Gasteiger partial charge is 0.416 e. The summed E-state index contributed by atoms with van der Waals surface area (Å²) < 4.78 is 41.8. The Kier molecular flexibility index (Phi) is 7.51. The molecule has 1 rings (SSSR count). The fourth-order valence-corrected chi connectivity index (χ4v) is 1.04. The number of ether oxygens (including phenoxy) is 1. The van der Waals surface area contributed by atoms with E-state index in [0.29, 0.717) is 11.3 Å². The van der Waals surface area contributed by atoms with Crippen molar-refractivity contribution < 1.29 is 17.9 Å². The van der Waals surface area contributed by atoms with Crippen molar-refractivity contribution in [3.8, 4) is 5.75 Å². The van der Waals surface area contributed by atoms with Gasteiger partial charge in [-0.1, -0.05) is 20.4 Å². The van der Waals surface area contributed by atoms with Crippen LogP contribution < -0.4 is 4.74 Å². The highest BCUT2D eigenvalue weighted by molar-refractivity contribution is 6.19. The highest BCUT2D eigenvalue weighted by atomic mass is 35.5. The Morgan fingerprint density at radius 2 is 1.72 bits per heavy atom. The van der Waals surface area contributed by atoms with E-state index >= 15 is 0 Å². The predicted octanol–water partition coefficient (Wildman–Crippen LogP) is 4.91. The molecule has 0 radical (unpaired) electrons. The van der Waals surface area contributed by atoms with Gasteiger partial charge in [-0.2, -0.15) is 13.2 Å². The lowest BCUT2D eigenvalue weighted by Crippen LogP contribution is -2.05. The molecule has 0 aliphatic rings. The van der Waals surface area contributed by atoms with Crippen LogP contribution in [0.15, 0.2) is 36.4 Å². The van der Waals surface area contributed by atoms with Gasteiger partial charge in [-0.05, 0) is 29.8 Å². The quantitative estimate of drug-likeness (QED) is 0.563. The van der Waals surface area contributed by atoms with E-state index in [1.54, 1.807) is 0 Å². The maximum absolute atomic E-state index is 12.2. The second kappa shape index (κ2) is 8.03. The normalized spacial score (nSPS) is 10.3. The molecule has 0 bridgehead atoms. The van der Waals surface area contributed by atoms with E-state index < -0.39 is 11.7 Å². The van der Waals surface area contributed by atoms with Crippen LogP contribution in [0.4, 0.5) is 13.2 Å². The van der Waals surface area contributed by atoms with Gasteiger partial charge in [-0.15, -0.1) is 11.6 Å². The van der Waals surface area contributed by atoms with Gasteiger partial charge in [0.2, 0.25) is 0 Å². The number of halogens is 4. The summed E-state index contributed by atoms with van der Waals surface area (Å²) in [5.74, 6) is 0.625. The van der Waals surface area contributed by atoms with E-state index in [4.69, 9.17) is 16.3 Å². The van der Waals surface area contributed by atoms with Gasteiger partial charge in [0.05, 0.1) is 5.56 Å². The molecule has 0 N–H and O–H groups in total. The van der Waals surface area contributed by atoms with Crippen molar-refractivity contribution >= 4 is 11.6 Å². The minimum atomic E-state index is -4.32. The Morgan fingerprint density at radius 3 is 2.11 bits per heavy atom. The predicted molar refractivity (Wildman–Crippen MR) is 68.1 cm³/mol. The van der Waals surface area contributed by atoms with Crippen LogP contribution in [0.5, 0.6) is 5.75 Å². The summed E-state index contributed by atoms with van der Waals surface area (Å²) >= 11 is 5.47. The number of hydrogen-bond acceptors (Lipinski definition) is 1. The van der Waals surface area contributed by atoms with Gasteiger partial charge in [0.15, 0.2) is 0 Å². The third-order valence-electron chi connectivity index (χ3n) is 1.81. The number of rotatable bonds is 4. The Hall–Kier alpha value is -1.16. The van der Waals surface area contributed by atoms with Crippen LogP contribution >= 0.6 is 11.6 Å². The van der Waals surface area contributed by atoms with Gasteiger partial charge >= 0.3 is 6.18 Å². The molecule has 1 nitrogen and oxygen atoms in total. The molecule has 0 amide bonds. The zero-order valence-corrected chi connectivity index (χ0v) is 11.1. The van der Waals surface area contributed by atoms with Gasteiger partial charge in [0.1, 0.15) is 12.4 Å². The Labute approximate surface area is 110 Å². The van der Waals surface area contributed by atoms with E-state index in [-0.39, 0.29) is 12.5 Å². The molecule has 5 heteroatoms. The highest BCUT2D eigenvalue weighted by Crippen LogP contribution is 2.30. The van der Waals surface area contributed by atoms with Crippen molar-refractivity contribution in [3.05, 3.63) is 42.0 Å². The first-order chi connectivity index (χ1) is 8.43. The minimum Gasteiger partial charge on any atom is -0.489 e. The lowest BCUT2D eigenvalue weighted by atomic mass is 10.2. The molecule has 0 saturated heterocycles. The summed E-state index contributed by atoms with van der Waals surface area (Å²) in [5.41, 5.74) is -0.0300. The van der Waals surface area contributed by atoms with Crippen molar-refractivity contribution in [3.63, 3.8) is 0 Å². The first-order valence-electron chi connectivity index (χ1n) is 5.46. The number of alkyl halides is 4. The molecule has 0 heterocycles. The zero-order chi connectivity index (χ0) is 14.2. The van der Waals surface area contributed by atoms with E-state index in [1.165, 1.54) is 12.1 Å². The minimum absolute atomic E-state index is 0.203. The van der Waals surface area contributed by atoms with Crippen LogP contribution in [0.3, 0.4) is 0 Å². The fraction of sp³-hybridized carbons (Fsp3) is 0.385. The standard InChI is InChI=1S/C11H10ClF3O.C2H6/c1-8(6-12)7-16-10-4-2-9(3-5-10)11(13,14)15;1-2/h2-5H,1,6-7H2;1-2H3. The Bertz CT molecular complexity index is 357. The average Bonchev–Trinajstić information content (AvgIpc) is 2.37. The van der Waals surface area contributed by atoms with Crippen LogP contribution in [0.2, 0.25) is 0 Å². The maximum Gasteiger partial charge on any atom is 0.416 e. The van der Waals surface area contributed by atoms with Crippen LogP contribution in [-0.2, 0) is 6.18 Å². The monoisotopic (exact) mass is 280 g/mol. The van der Waals surface area contributed by atoms with Crippen molar-refractivity contribution in [1.29, 1.82) is 0 Å². The summed E-state index contributed by atoms with van der Waals surface area (Å²) in [6.45, 7) is 7.81. The molecule has 1 aromatic carbocycles. The molecule has 102 valence electrons. The summed E-state index contributed by atoms with van der Waals surface area (Å²) in [5, 5.41) is 0. The van der Waals surface area contributed by atoms with Crippen molar-refractivity contribution in [1.82, 2.24) is 0 Å². The largest absolute Gasteiger partial charge is 0.489 e. The lowest BCUT2D eigenvalue weighted by molar-refractivity contribution is -0.137. The fourth-order valence-electron chi connectivity index (χ4n) is 0.964. The topological polar surface area (TPSA) is 9.23 Å². The van der Waals surface area contributed by atoms with Gasteiger partial charge in [0, 0.05) is 5.88 Å². The van der Waals surface area contributed by atoms with E-state index in [2.05, 4.69) is 6.58 Å². The maximum atomic E-state index is 12.2. The highest BCUT2D eigenvalue weighted by Gasteiger charge is 2.29. The second-order valence-electron chi connectivity index (χ2n) is 3.19. The molecule has 0 saturated carbocycles. The molecule has 0 atom stereocenters.